The van der Waals surface area contributed by atoms with Gasteiger partial charge in [0.2, 0.25) is 38.0 Å². The Kier molecular flexibility index (Phi) is 56.9. The second-order valence-electron chi connectivity index (χ2n) is 30.1. The first kappa shape index (κ1) is 128. The number of aromatic nitrogens is 18. The van der Waals surface area contributed by atoms with Gasteiger partial charge < -0.3 is 224 Å². The van der Waals surface area contributed by atoms with Crippen LogP contribution in [0.3, 0.4) is 0 Å². The van der Waals surface area contributed by atoms with Gasteiger partial charge in [0.25, 0.3) is 0 Å². The van der Waals surface area contributed by atoms with Crippen LogP contribution in [0.4, 0.5) is 35.7 Å². The summed E-state index contributed by atoms with van der Waals surface area (Å²) in [5.41, 5.74) is 26.2. The Balaban J connectivity index is 0.000000803. The third kappa shape index (κ3) is 46.2. The standard InChI is InChI=1S/6C8H12N4O4.C6H8O7.C6H12O2.C4H6O6.C4H6O4.C3H6O3.C2H4O2/c6*9-7-10-3-12(8(15)11-7)6-1-4(14)5(2-13)16-6;7-3(8)1-6(13,5(11)12)2-4(9)10;1-2-3-4-5-6(7)8;5-1(3(7)8)2(6)4(9)10;5-3(6)1-2-4(7)8;1-2(4)3(5)6;1-2(3)4/h6*3-6,13-14H,1-2H2,(H2,9,11,15);13H,1-2H2,(H,7,8)(H,9,10)(H,11,12);2-5H2,1H3,(H,7,8);1-2,5-6H,(H,7,8)(H,9,10);1-2H2,(H,5,6)(H,7,8);2,4H,1H3,(H,5,6);1H3,(H,3,4)/t6*4?,5-,6-;;;1-,2-;;2-;/m111111..0.0./s1. The van der Waals surface area contributed by atoms with Gasteiger partial charge in [0, 0.05) is 68.8 Å². The van der Waals surface area contributed by atoms with E-state index in [1.807, 2.05) is 6.92 Å². The maximum atomic E-state index is 11.5. The van der Waals surface area contributed by atoms with Crippen LogP contribution >= 0.6 is 0 Å². The van der Waals surface area contributed by atoms with Crippen molar-refractivity contribution in [3.63, 3.8) is 0 Å². The molecule has 72 heteroatoms. The zero-order chi connectivity index (χ0) is 111. The SMILES string of the molecule is CC(=O)[O-].CCCCCC(=O)[O-].C[C@H](O)C(=O)[O-].Nc1nc[n+]([C@H]2CC(O)[C@@H](CO)O2)c(=O)[nH]1.Nc1nc[n+]([C@H]2CC(O)[C@@H](CO)O2)c(=O)[nH]1.Nc1nc[n+]([C@H]2CC(O)[C@@H](CO)O2)c(=O)[nH]1.Nc1nc[n+]([C@H]2CC(O)[C@@H](CO)O2)c(=O)[nH]1.Nc1nc[n+]([C@H]2CC(O)[C@@H](CO)O2)c(=O)[nH]1.Nc1nc[n+]([C@H]2CC(O)[C@@H](CO)O2)c(=O)[nH]1.O=C([O-])CC(O)(CC(=O)O)C(=O)O.O=C([O-])CCC(=O)O.O=C([O-])[C@@H](O)[C@H](O)C(=O)O. The number of ether oxygens (including phenoxy) is 6. The number of nitrogens with zero attached hydrogens (tertiary/aromatic N) is 12. The number of nitrogens with two attached hydrogens (primary N) is 6. The van der Waals surface area contributed by atoms with E-state index in [9.17, 15) is 128 Å². The average Bonchev–Trinajstić information content (AvgIpc) is 1.69. The van der Waals surface area contributed by atoms with Crippen molar-refractivity contribution in [1.82, 2.24) is 59.8 Å². The number of carbonyl (C=O) groups excluding carboxylic acids is 6. The van der Waals surface area contributed by atoms with E-state index in [1.165, 1.54) is 65.4 Å². The van der Waals surface area contributed by atoms with Gasteiger partial charge in [-0.25, -0.2) is 38.4 Å². The minimum Gasteiger partial charge on any atom is -0.550 e. The van der Waals surface area contributed by atoms with E-state index in [2.05, 4.69) is 59.8 Å². The monoisotopic (exact) mass is 2090 g/mol. The zero-order valence-electron chi connectivity index (χ0n) is 76.4. The molecule has 0 aromatic carbocycles. The van der Waals surface area contributed by atoms with Crippen molar-refractivity contribution in [3.8, 4) is 0 Å². The molecule has 0 radical (unpaired) electrons. The average molecular weight is 2100 g/mol. The van der Waals surface area contributed by atoms with Gasteiger partial charge in [-0.1, -0.05) is 49.7 Å². The summed E-state index contributed by atoms with van der Waals surface area (Å²) >= 11 is 0. The number of unbranched alkanes of at least 4 members (excludes halogenated alkanes) is 2. The highest BCUT2D eigenvalue weighted by molar-refractivity contribution is 5.87. The number of hydrogen-bond donors (Lipinski definition) is 32. The summed E-state index contributed by atoms with van der Waals surface area (Å²) in [4.78, 5) is 202. The summed E-state index contributed by atoms with van der Waals surface area (Å²) in [5.74, 6) is -15.0. The van der Waals surface area contributed by atoms with Gasteiger partial charge in [-0.3, -0.25) is 9.59 Å². The van der Waals surface area contributed by atoms with Crippen molar-refractivity contribution in [2.45, 2.75) is 245 Å². The number of rotatable bonds is 28. The Morgan fingerprint density at radius 2 is 0.586 bits per heavy atom. The van der Waals surface area contributed by atoms with Crippen LogP contribution in [0, 0.1) is 0 Å². The summed E-state index contributed by atoms with van der Waals surface area (Å²) in [7, 11) is 0. The van der Waals surface area contributed by atoms with Crippen LogP contribution in [0.2, 0.25) is 0 Å². The molecule has 72 nitrogen and oxygen atoms in total. The van der Waals surface area contributed by atoms with E-state index in [4.69, 9.17) is 144 Å². The smallest absolute Gasteiger partial charge is 0.446 e. The molecule has 0 saturated carbocycles. The highest BCUT2D eigenvalue weighted by Gasteiger charge is 2.44. The summed E-state index contributed by atoms with van der Waals surface area (Å²) < 4.78 is 38.9. The van der Waals surface area contributed by atoms with Crippen LogP contribution in [-0.4, -0.2) is 358 Å². The highest BCUT2D eigenvalue weighted by Crippen LogP contribution is 2.28. The number of anilines is 6. The molecule has 7 unspecified atom stereocenters. The molecule has 6 aliphatic heterocycles. The lowest BCUT2D eigenvalue weighted by molar-refractivity contribution is -0.776. The Labute approximate surface area is 809 Å². The fourth-order valence-electron chi connectivity index (χ4n) is 11.5. The van der Waals surface area contributed by atoms with E-state index in [-0.39, 0.29) is 127 Å². The van der Waals surface area contributed by atoms with E-state index in [0.29, 0.717) is 0 Å². The predicted octanol–water partition coefficient (Wildman–Crippen LogP) is -26.6. The first-order valence-corrected chi connectivity index (χ1v) is 41.8. The van der Waals surface area contributed by atoms with Crippen molar-refractivity contribution in [2.24, 2.45) is 0 Å². The lowest BCUT2D eigenvalue weighted by atomic mass is 9.96. The normalized spacial score (nSPS) is 23.6. The number of carbonyl (C=O) groups is 10. The number of aromatic amines is 6. The Hall–Kier alpha value is -14.5. The molecule has 6 aromatic heterocycles. The number of aliphatic hydroxyl groups is 16. The lowest BCUT2D eigenvalue weighted by Gasteiger charge is -2.21. The van der Waals surface area contributed by atoms with Crippen LogP contribution in [0.5, 0.6) is 0 Å². The lowest BCUT2D eigenvalue weighted by Crippen LogP contribution is -2.55. The van der Waals surface area contributed by atoms with Gasteiger partial charge in [0.15, 0.2) is 49.1 Å². The van der Waals surface area contributed by atoms with Gasteiger partial charge in [-0.05, 0) is 33.1 Å². The quantitative estimate of drug-likeness (QED) is 0.0160. The molecular formula is C73H114N24O48. The molecule has 0 spiro atoms. The summed E-state index contributed by atoms with van der Waals surface area (Å²) in [6.07, 6.45) is -10.0. The Morgan fingerprint density at radius 3 is 0.703 bits per heavy atom. The Bertz CT molecular complexity index is 4800. The van der Waals surface area contributed by atoms with E-state index in [1.54, 1.807) is 0 Å². The molecule has 38 N–H and O–H groups in total. The number of carboxylic acid groups (broad SMARTS) is 10. The fourth-order valence-corrected chi connectivity index (χ4v) is 11.5. The van der Waals surface area contributed by atoms with Crippen molar-refractivity contribution in [1.29, 1.82) is 0 Å². The molecule has 12 rings (SSSR count). The second-order valence-corrected chi connectivity index (χ2v) is 30.1. The molecule has 145 heavy (non-hydrogen) atoms. The summed E-state index contributed by atoms with van der Waals surface area (Å²) in [6, 6.07) is 0. The van der Waals surface area contributed by atoms with Gasteiger partial charge in [0.05, 0.1) is 107 Å². The van der Waals surface area contributed by atoms with E-state index < -0.39 is 248 Å². The van der Waals surface area contributed by atoms with Crippen molar-refractivity contribution >= 4 is 95.4 Å². The molecule has 6 fully saturated rings. The molecule has 6 aromatic rings. The molecule has 22 atom stereocenters. The van der Waals surface area contributed by atoms with Gasteiger partial charge in [-0.2, -0.15) is 57.3 Å². The van der Waals surface area contributed by atoms with Crippen molar-refractivity contribution < 1.29 is 237 Å². The first-order valence-electron chi connectivity index (χ1n) is 41.8. The molecule has 0 bridgehead atoms. The van der Waals surface area contributed by atoms with Gasteiger partial charge in [0.1, 0.15) is 42.7 Å². The second kappa shape index (κ2) is 64.2. The van der Waals surface area contributed by atoms with E-state index in [0.717, 1.165) is 33.1 Å². The number of H-pyrrole nitrogens is 6. The number of nitrogens with one attached hydrogen (secondary N) is 6. The molecule has 12 heterocycles. The molecule has 814 valence electrons. The summed E-state index contributed by atoms with van der Waals surface area (Å²) in [6.45, 7) is 2.38. The minimum absolute atomic E-state index is 0.0125. The van der Waals surface area contributed by atoms with Crippen molar-refractivity contribution in [3.05, 3.63) is 101 Å². The Morgan fingerprint density at radius 1 is 0.372 bits per heavy atom. The highest BCUT2D eigenvalue weighted by atomic mass is 16.6. The van der Waals surface area contributed by atoms with Crippen LogP contribution in [0.15, 0.2) is 66.7 Å². The molecular weight excluding hydrogens is 1980 g/mol. The first-order chi connectivity index (χ1) is 67.7. The number of hydrogen-bond acceptors (Lipinski definition) is 56. The van der Waals surface area contributed by atoms with Crippen molar-refractivity contribution in [2.75, 3.05) is 74.0 Å². The molecule has 6 saturated heterocycles. The van der Waals surface area contributed by atoms with Crippen LogP contribution in [0.1, 0.15) is 148 Å². The topological polar surface area (TPSA) is 1220 Å². The zero-order valence-corrected chi connectivity index (χ0v) is 76.4. The maximum Gasteiger partial charge on any atom is 0.446 e. The van der Waals surface area contributed by atoms with E-state index >= 15 is 0 Å². The third-order valence-corrected chi connectivity index (χ3v) is 18.9. The van der Waals surface area contributed by atoms with Crippen LogP contribution < -0.4 is 127 Å². The summed E-state index contributed by atoms with van der Waals surface area (Å²) in [5, 5.41) is 233. The number of nitrogen functional groups attached to an aromatic ring is 6. The number of aliphatic carboxylic acids is 10. The predicted molar refractivity (Wildman–Crippen MR) is 444 cm³/mol. The van der Waals surface area contributed by atoms with Crippen LogP contribution in [-0.2, 0) is 76.4 Å². The largest absolute Gasteiger partial charge is 0.550 e. The molecule has 6 aliphatic rings. The number of carboxylic acids is 10. The fraction of sp³-hybridized carbons (Fsp3) is 0.616. The molecule has 0 amide bonds. The van der Waals surface area contributed by atoms with Crippen LogP contribution in [0.25, 0.3) is 0 Å². The van der Waals surface area contributed by atoms with Gasteiger partial charge >= 0.3 is 93.7 Å². The maximum absolute atomic E-state index is 11.5. The van der Waals surface area contributed by atoms with Gasteiger partial charge in [-0.15, -0.1) is 0 Å². The number of aliphatic hydroxyl groups excluding tert-OH is 15. The minimum atomic E-state index is -2.80. The third-order valence-electron chi connectivity index (χ3n) is 18.9. The molecule has 0 aliphatic carbocycles.